The van der Waals surface area contributed by atoms with E-state index in [1.165, 1.54) is 25.7 Å². The van der Waals surface area contributed by atoms with E-state index in [-0.39, 0.29) is 6.04 Å². The zero-order chi connectivity index (χ0) is 8.97. The van der Waals surface area contributed by atoms with Gasteiger partial charge in [0.15, 0.2) is 0 Å². The molecule has 0 saturated carbocycles. The normalized spacial score (nSPS) is 28.9. The van der Waals surface area contributed by atoms with Crippen LogP contribution in [0.2, 0.25) is 0 Å². The molecule has 0 aromatic heterocycles. The van der Waals surface area contributed by atoms with E-state index in [1.54, 1.807) is 0 Å². The highest BCUT2D eigenvalue weighted by Crippen LogP contribution is 2.18. The molecule has 2 atom stereocenters. The third-order valence-electron chi connectivity index (χ3n) is 2.79. The van der Waals surface area contributed by atoms with E-state index < -0.39 is 0 Å². The third kappa shape index (κ3) is 2.22. The molecule has 2 unspecified atom stereocenters. The molecule has 1 rings (SSSR count). The van der Waals surface area contributed by atoms with Gasteiger partial charge in [-0.3, -0.25) is 4.90 Å². The molecule has 2 heteroatoms. The van der Waals surface area contributed by atoms with Crippen LogP contribution in [0.3, 0.4) is 0 Å². The largest absolute Gasteiger partial charge is 0.286 e. The Hall–Kier alpha value is -0.550. The predicted molar refractivity (Wildman–Crippen MR) is 49.7 cm³/mol. The van der Waals surface area contributed by atoms with E-state index in [2.05, 4.69) is 17.9 Å². The van der Waals surface area contributed by atoms with Crippen molar-refractivity contribution >= 4 is 0 Å². The molecule has 0 radical (unpaired) electrons. The SMILES string of the molecule is CC(C#N)N1CCCCCC1C. The number of hydrogen-bond donors (Lipinski definition) is 0. The second kappa shape index (κ2) is 4.47. The number of rotatable bonds is 1. The van der Waals surface area contributed by atoms with Crippen LogP contribution in [0.1, 0.15) is 39.5 Å². The standard InChI is InChI=1S/C10H18N2/c1-9-6-4-3-5-7-12(9)10(2)8-11/h9-10H,3-7H2,1-2H3. The van der Waals surface area contributed by atoms with Gasteiger partial charge in [0.05, 0.1) is 12.1 Å². The Morgan fingerprint density at radius 2 is 2.17 bits per heavy atom. The van der Waals surface area contributed by atoms with Crippen molar-refractivity contribution in [3.05, 3.63) is 0 Å². The molecule has 1 heterocycles. The summed E-state index contributed by atoms with van der Waals surface area (Å²) in [5.41, 5.74) is 0. The monoisotopic (exact) mass is 166 g/mol. The lowest BCUT2D eigenvalue weighted by atomic mass is 10.1. The minimum absolute atomic E-state index is 0.0955. The molecule has 1 aliphatic rings. The zero-order valence-electron chi connectivity index (χ0n) is 8.08. The van der Waals surface area contributed by atoms with E-state index in [4.69, 9.17) is 5.26 Å². The van der Waals surface area contributed by atoms with Crippen molar-refractivity contribution in [3.63, 3.8) is 0 Å². The fourth-order valence-electron chi connectivity index (χ4n) is 1.95. The van der Waals surface area contributed by atoms with Crippen molar-refractivity contribution < 1.29 is 0 Å². The summed E-state index contributed by atoms with van der Waals surface area (Å²) >= 11 is 0. The summed E-state index contributed by atoms with van der Waals surface area (Å²) in [7, 11) is 0. The van der Waals surface area contributed by atoms with Gasteiger partial charge < -0.3 is 0 Å². The van der Waals surface area contributed by atoms with Crippen molar-refractivity contribution in [3.8, 4) is 6.07 Å². The molecule has 0 N–H and O–H groups in total. The van der Waals surface area contributed by atoms with E-state index >= 15 is 0 Å². The van der Waals surface area contributed by atoms with Gasteiger partial charge in [-0.05, 0) is 33.2 Å². The Labute approximate surface area is 75.2 Å². The first-order valence-electron chi connectivity index (χ1n) is 4.91. The van der Waals surface area contributed by atoms with E-state index in [0.717, 1.165) is 6.54 Å². The Bertz CT molecular complexity index is 171. The van der Waals surface area contributed by atoms with Gasteiger partial charge in [-0.15, -0.1) is 0 Å². The minimum Gasteiger partial charge on any atom is -0.286 e. The fraction of sp³-hybridized carbons (Fsp3) is 0.900. The molecule has 0 aromatic rings. The summed E-state index contributed by atoms with van der Waals surface area (Å²) in [5.74, 6) is 0. The molecule has 1 saturated heterocycles. The third-order valence-corrected chi connectivity index (χ3v) is 2.79. The summed E-state index contributed by atoms with van der Waals surface area (Å²) in [4.78, 5) is 2.33. The van der Waals surface area contributed by atoms with Gasteiger partial charge in [0.2, 0.25) is 0 Å². The fourth-order valence-corrected chi connectivity index (χ4v) is 1.95. The van der Waals surface area contributed by atoms with Crippen molar-refractivity contribution in [2.75, 3.05) is 6.54 Å². The summed E-state index contributed by atoms with van der Waals surface area (Å²) < 4.78 is 0. The molecule has 0 bridgehead atoms. The van der Waals surface area contributed by atoms with Crippen LogP contribution >= 0.6 is 0 Å². The first-order chi connectivity index (χ1) is 5.75. The smallest absolute Gasteiger partial charge is 0.0951 e. The van der Waals surface area contributed by atoms with Crippen LogP contribution in [-0.4, -0.2) is 23.5 Å². The van der Waals surface area contributed by atoms with Crippen molar-refractivity contribution in [1.29, 1.82) is 5.26 Å². The Morgan fingerprint density at radius 3 is 2.83 bits per heavy atom. The van der Waals surface area contributed by atoms with Gasteiger partial charge in [-0.25, -0.2) is 0 Å². The lowest BCUT2D eigenvalue weighted by Gasteiger charge is -2.28. The average molecular weight is 166 g/mol. The van der Waals surface area contributed by atoms with Gasteiger partial charge in [0.25, 0.3) is 0 Å². The molecular weight excluding hydrogens is 148 g/mol. The molecule has 0 amide bonds. The minimum atomic E-state index is 0.0955. The number of likely N-dealkylation sites (tertiary alicyclic amines) is 1. The Kier molecular flexibility index (Phi) is 3.55. The maximum Gasteiger partial charge on any atom is 0.0951 e. The Balaban J connectivity index is 2.54. The molecule has 1 fully saturated rings. The topological polar surface area (TPSA) is 27.0 Å². The summed E-state index contributed by atoms with van der Waals surface area (Å²) in [6, 6.07) is 3.01. The van der Waals surface area contributed by atoms with Gasteiger partial charge in [-0.2, -0.15) is 5.26 Å². The second-order valence-electron chi connectivity index (χ2n) is 3.74. The predicted octanol–water partition coefficient (Wildman–Crippen LogP) is 2.16. The van der Waals surface area contributed by atoms with Crippen molar-refractivity contribution in [2.24, 2.45) is 0 Å². The molecule has 2 nitrogen and oxygen atoms in total. The van der Waals surface area contributed by atoms with Crippen LogP contribution in [-0.2, 0) is 0 Å². The van der Waals surface area contributed by atoms with E-state index in [1.807, 2.05) is 6.92 Å². The van der Waals surface area contributed by atoms with Crippen LogP contribution in [0.15, 0.2) is 0 Å². The van der Waals surface area contributed by atoms with Gasteiger partial charge >= 0.3 is 0 Å². The van der Waals surface area contributed by atoms with E-state index in [9.17, 15) is 0 Å². The van der Waals surface area contributed by atoms with Crippen LogP contribution < -0.4 is 0 Å². The first kappa shape index (κ1) is 9.54. The van der Waals surface area contributed by atoms with Crippen molar-refractivity contribution in [1.82, 2.24) is 4.90 Å². The molecule has 68 valence electrons. The zero-order valence-corrected chi connectivity index (χ0v) is 8.08. The summed E-state index contributed by atoms with van der Waals surface area (Å²) in [5, 5.41) is 8.80. The van der Waals surface area contributed by atoms with Crippen LogP contribution in [0.5, 0.6) is 0 Å². The van der Waals surface area contributed by atoms with Crippen LogP contribution in [0, 0.1) is 11.3 Å². The first-order valence-corrected chi connectivity index (χ1v) is 4.91. The average Bonchev–Trinajstić information content (AvgIpc) is 2.28. The maximum absolute atomic E-state index is 8.80. The van der Waals surface area contributed by atoms with Gasteiger partial charge in [-0.1, -0.05) is 12.8 Å². The highest BCUT2D eigenvalue weighted by molar-refractivity contribution is 4.90. The molecule has 0 spiro atoms. The maximum atomic E-state index is 8.80. The lowest BCUT2D eigenvalue weighted by molar-refractivity contribution is 0.188. The highest BCUT2D eigenvalue weighted by Gasteiger charge is 2.20. The molecule has 1 aliphatic heterocycles. The van der Waals surface area contributed by atoms with Crippen LogP contribution in [0.25, 0.3) is 0 Å². The molecular formula is C10H18N2. The molecule has 12 heavy (non-hydrogen) atoms. The number of hydrogen-bond acceptors (Lipinski definition) is 2. The quantitative estimate of drug-likeness (QED) is 0.597. The number of nitriles is 1. The van der Waals surface area contributed by atoms with Gasteiger partial charge in [0, 0.05) is 6.04 Å². The number of nitrogens with zero attached hydrogens (tertiary/aromatic N) is 2. The van der Waals surface area contributed by atoms with Crippen molar-refractivity contribution in [2.45, 2.75) is 51.6 Å². The van der Waals surface area contributed by atoms with Crippen LogP contribution in [0.4, 0.5) is 0 Å². The summed E-state index contributed by atoms with van der Waals surface area (Å²) in [6.45, 7) is 5.34. The molecule has 0 aromatic carbocycles. The summed E-state index contributed by atoms with van der Waals surface area (Å²) in [6.07, 6.45) is 5.18. The highest BCUT2D eigenvalue weighted by atomic mass is 15.2. The van der Waals surface area contributed by atoms with Gasteiger partial charge in [0.1, 0.15) is 0 Å². The second-order valence-corrected chi connectivity index (χ2v) is 3.74. The Morgan fingerprint density at radius 1 is 1.42 bits per heavy atom. The lowest BCUT2D eigenvalue weighted by Crippen LogP contribution is -2.39. The molecule has 0 aliphatic carbocycles. The van der Waals surface area contributed by atoms with E-state index in [0.29, 0.717) is 6.04 Å².